The van der Waals surface area contributed by atoms with Crippen molar-refractivity contribution in [3.63, 3.8) is 0 Å². The van der Waals surface area contributed by atoms with Gasteiger partial charge in [0.25, 0.3) is 5.91 Å². The smallest absolute Gasteiger partial charge is 0.266 e. The second kappa shape index (κ2) is 10.1. The summed E-state index contributed by atoms with van der Waals surface area (Å²) in [6.07, 6.45) is 6.22. The molecule has 1 aliphatic carbocycles. The van der Waals surface area contributed by atoms with Gasteiger partial charge in [-0.1, -0.05) is 44.4 Å². The predicted octanol–water partition coefficient (Wildman–Crippen LogP) is 5.94. The molecule has 2 unspecified atom stereocenters. The van der Waals surface area contributed by atoms with E-state index in [1.165, 1.54) is 12.8 Å². The van der Waals surface area contributed by atoms with Gasteiger partial charge in [-0.05, 0) is 55.7 Å². The fourth-order valence-electron chi connectivity index (χ4n) is 5.59. The van der Waals surface area contributed by atoms with Crippen LogP contribution in [0, 0.1) is 6.92 Å². The van der Waals surface area contributed by atoms with E-state index >= 15 is 0 Å². The van der Waals surface area contributed by atoms with Crippen molar-refractivity contribution in [1.29, 1.82) is 0 Å². The first-order valence-electron chi connectivity index (χ1n) is 13.0. The lowest BCUT2D eigenvalue weighted by molar-refractivity contribution is 0.0866. The van der Waals surface area contributed by atoms with Crippen LogP contribution in [0.5, 0.6) is 5.75 Å². The number of phenolic OH excluding ortho intramolecular Hbond substituents is 1. The Hall–Kier alpha value is -3.52. The minimum Gasteiger partial charge on any atom is -0.508 e. The van der Waals surface area contributed by atoms with Gasteiger partial charge in [-0.15, -0.1) is 0 Å². The largest absolute Gasteiger partial charge is 0.508 e. The van der Waals surface area contributed by atoms with Gasteiger partial charge in [0.05, 0.1) is 24.3 Å². The summed E-state index contributed by atoms with van der Waals surface area (Å²) in [6.45, 7) is 6.59. The molecule has 1 amide bonds. The predicted molar refractivity (Wildman–Crippen MR) is 148 cm³/mol. The first-order chi connectivity index (χ1) is 17.9. The number of halogens is 1. The van der Waals surface area contributed by atoms with E-state index in [1.54, 1.807) is 41.4 Å². The molecule has 37 heavy (non-hydrogen) atoms. The number of hydrogen-bond acceptors (Lipinski definition) is 6. The molecule has 0 radical (unpaired) electrons. The normalized spacial score (nSPS) is 19.9. The molecule has 2 N–H and O–H groups in total. The van der Waals surface area contributed by atoms with Crippen molar-refractivity contribution in [2.45, 2.75) is 65.1 Å². The second-order valence-corrected chi connectivity index (χ2v) is 9.87. The molecule has 9 heteroatoms. The van der Waals surface area contributed by atoms with Crippen LogP contribution in [0.2, 0.25) is 5.15 Å². The maximum absolute atomic E-state index is 13.8. The van der Waals surface area contributed by atoms with Gasteiger partial charge in [0.1, 0.15) is 22.3 Å². The number of anilines is 3. The molecule has 1 fully saturated rings. The summed E-state index contributed by atoms with van der Waals surface area (Å²) in [5.74, 6) is 1.58. The molecule has 8 nitrogen and oxygen atoms in total. The van der Waals surface area contributed by atoms with Gasteiger partial charge < -0.3 is 19.9 Å². The van der Waals surface area contributed by atoms with Gasteiger partial charge >= 0.3 is 0 Å². The Morgan fingerprint density at radius 3 is 2.54 bits per heavy atom. The summed E-state index contributed by atoms with van der Waals surface area (Å²) in [6, 6.07) is 11.1. The number of rotatable bonds is 4. The molecule has 2 aromatic heterocycles. The summed E-state index contributed by atoms with van der Waals surface area (Å²) in [4.78, 5) is 27.0. The van der Waals surface area contributed by atoms with Gasteiger partial charge in [-0.2, -0.15) is 0 Å². The van der Waals surface area contributed by atoms with Crippen molar-refractivity contribution in [3.8, 4) is 5.75 Å². The van der Waals surface area contributed by atoms with Crippen LogP contribution < -0.4 is 10.2 Å². The van der Waals surface area contributed by atoms with E-state index in [4.69, 9.17) is 16.6 Å². The third kappa shape index (κ3) is 4.33. The van der Waals surface area contributed by atoms with Crippen molar-refractivity contribution < 1.29 is 9.90 Å². The van der Waals surface area contributed by atoms with E-state index in [0.29, 0.717) is 23.1 Å². The molecule has 2 aliphatic heterocycles. The first kappa shape index (κ1) is 25.1. The van der Waals surface area contributed by atoms with Crippen molar-refractivity contribution in [1.82, 2.24) is 14.5 Å². The highest BCUT2D eigenvalue weighted by Crippen LogP contribution is 2.46. The zero-order chi connectivity index (χ0) is 26.3. The monoisotopic (exact) mass is 520 g/mol. The van der Waals surface area contributed by atoms with Crippen molar-refractivity contribution in [2.24, 2.45) is 4.99 Å². The van der Waals surface area contributed by atoms with Crippen molar-refractivity contribution in [3.05, 3.63) is 64.6 Å². The zero-order valence-corrected chi connectivity index (χ0v) is 22.5. The van der Waals surface area contributed by atoms with Crippen LogP contribution in [-0.4, -0.2) is 50.6 Å². The Kier molecular flexibility index (Phi) is 6.86. The number of carbonyl (C=O) groups excluding carboxylic acids is 1. The lowest BCUT2D eigenvalue weighted by atomic mass is 9.90. The highest BCUT2D eigenvalue weighted by atomic mass is 35.5. The van der Waals surface area contributed by atoms with Crippen molar-refractivity contribution in [2.75, 3.05) is 17.3 Å². The summed E-state index contributed by atoms with van der Waals surface area (Å²) < 4.78 is 2.13. The van der Waals surface area contributed by atoms with E-state index < -0.39 is 0 Å². The number of amides is 1. The second-order valence-electron chi connectivity index (χ2n) is 9.49. The average molecular weight is 521 g/mol. The number of guanidine groups is 1. The topological polar surface area (TPSA) is 86.0 Å². The number of nitrogens with zero attached hydrogens (tertiary/aromatic N) is 5. The number of pyridine rings is 1. The Morgan fingerprint density at radius 1 is 1.11 bits per heavy atom. The Morgan fingerprint density at radius 2 is 1.84 bits per heavy atom. The number of carbonyl (C=O) groups is 1. The molecule has 0 saturated heterocycles. The van der Waals surface area contributed by atoms with Gasteiger partial charge in [0, 0.05) is 24.6 Å². The number of nitrogens with one attached hydrogen (secondary N) is 1. The minimum atomic E-state index is -0.0778. The molecule has 6 rings (SSSR count). The van der Waals surface area contributed by atoms with E-state index in [-0.39, 0.29) is 23.7 Å². The lowest BCUT2D eigenvalue weighted by Gasteiger charge is -2.38. The number of fused-ring (bicyclic) bond motifs is 5. The van der Waals surface area contributed by atoms with Gasteiger partial charge in [-0.25, -0.2) is 9.98 Å². The van der Waals surface area contributed by atoms with E-state index in [2.05, 4.69) is 26.7 Å². The number of phenols is 1. The van der Waals surface area contributed by atoms with E-state index in [0.717, 1.165) is 41.4 Å². The molecule has 1 saturated carbocycles. The summed E-state index contributed by atoms with van der Waals surface area (Å²) in [5.41, 5.74) is 4.34. The first-order valence-corrected chi connectivity index (χ1v) is 13.3. The third-order valence-electron chi connectivity index (χ3n) is 7.33. The maximum atomic E-state index is 13.8. The maximum Gasteiger partial charge on any atom is 0.266 e. The Labute approximate surface area is 222 Å². The van der Waals surface area contributed by atoms with E-state index in [1.807, 2.05) is 27.0 Å². The molecule has 3 aliphatic rings. The van der Waals surface area contributed by atoms with Gasteiger partial charge in [-0.3, -0.25) is 9.69 Å². The average Bonchev–Trinajstić information content (AvgIpc) is 3.42. The fraction of sp³-hybridized carbons (Fsp3) is 0.393. The van der Waals surface area contributed by atoms with Crippen LogP contribution in [0.3, 0.4) is 0 Å². The number of aromatic nitrogens is 2. The number of hydrogen-bond donors (Lipinski definition) is 2. The minimum absolute atomic E-state index is 0.0778. The fourth-order valence-corrected chi connectivity index (χ4v) is 5.70. The highest BCUT2D eigenvalue weighted by Gasteiger charge is 2.48. The molecule has 1 aromatic carbocycles. The lowest BCUT2D eigenvalue weighted by Crippen LogP contribution is -2.52. The number of benzene rings is 1. The van der Waals surface area contributed by atoms with Gasteiger partial charge in [0.2, 0.25) is 5.96 Å². The molecular weight excluding hydrogens is 488 g/mol. The summed E-state index contributed by atoms with van der Waals surface area (Å²) in [7, 11) is 1.81. The SMILES string of the molecule is CC.Cc1c2c(c(Nc3ccc(O)cc3)n1Cc1ccc(Cl)nc1)C(=O)N(C)C1=NC3CCCCC3N12. The van der Waals surface area contributed by atoms with Crippen LogP contribution in [0.1, 0.15) is 61.1 Å². The van der Waals surface area contributed by atoms with E-state index in [9.17, 15) is 9.90 Å². The van der Waals surface area contributed by atoms with Crippen LogP contribution in [0.25, 0.3) is 0 Å². The summed E-state index contributed by atoms with van der Waals surface area (Å²) >= 11 is 6.02. The molecular formula is C28H33ClN6O2. The van der Waals surface area contributed by atoms with Crippen LogP contribution >= 0.6 is 11.6 Å². The quantitative estimate of drug-likeness (QED) is 0.328. The molecule has 0 spiro atoms. The summed E-state index contributed by atoms with van der Waals surface area (Å²) in [5, 5.41) is 13.7. The van der Waals surface area contributed by atoms with Crippen LogP contribution in [0.15, 0.2) is 47.6 Å². The number of aliphatic imine (C=N–C) groups is 1. The Bertz CT molecular complexity index is 1330. The van der Waals surface area contributed by atoms with Crippen LogP contribution in [0.4, 0.5) is 17.2 Å². The number of aromatic hydroxyl groups is 1. The van der Waals surface area contributed by atoms with Crippen LogP contribution in [-0.2, 0) is 6.54 Å². The standard InChI is InChI=1S/C26H27ClN6O2.C2H6/c1-15-23-22(25(35)31(2)26-30-19-5-3-4-6-20(19)33(23)26)24(29-17-8-10-18(34)11-9-17)32(15)14-16-7-12-21(27)28-13-16;1-2/h7-13,19-20,29,34H,3-6,14H2,1-2H3;1-2H3. The molecule has 4 heterocycles. The molecule has 0 bridgehead atoms. The van der Waals surface area contributed by atoms with Crippen molar-refractivity contribution >= 4 is 40.7 Å². The highest BCUT2D eigenvalue weighted by molar-refractivity contribution is 6.29. The molecule has 2 atom stereocenters. The zero-order valence-electron chi connectivity index (χ0n) is 21.7. The van der Waals surface area contributed by atoms with Gasteiger partial charge in [0.15, 0.2) is 0 Å². The molecule has 194 valence electrons. The Balaban J connectivity index is 0.00000137. The molecule has 3 aromatic rings. The third-order valence-corrected chi connectivity index (χ3v) is 7.56.